The Morgan fingerprint density at radius 3 is 3.05 bits per heavy atom. The molecule has 4 nitrogen and oxygen atoms in total. The van der Waals surface area contributed by atoms with Crippen LogP contribution in [0.1, 0.15) is 29.3 Å². The van der Waals surface area contributed by atoms with Gasteiger partial charge in [-0.2, -0.15) is 0 Å². The van der Waals surface area contributed by atoms with Crippen molar-refractivity contribution in [1.29, 1.82) is 0 Å². The number of imidazole rings is 1. The van der Waals surface area contributed by atoms with E-state index < -0.39 is 0 Å². The Hall–Kier alpha value is -2.62. The number of carbonyl (C=O) groups excluding carboxylic acids is 1. The number of hydrogen-bond donors (Lipinski definition) is 1. The topological polar surface area (TPSA) is 49.0 Å². The number of H-pyrrole nitrogens is 1. The van der Waals surface area contributed by atoms with E-state index in [-0.39, 0.29) is 11.9 Å². The molecular formula is C18H17N3O. The van der Waals surface area contributed by atoms with Crippen molar-refractivity contribution in [3.8, 4) is 0 Å². The summed E-state index contributed by atoms with van der Waals surface area (Å²) in [5.41, 5.74) is 4.75. The van der Waals surface area contributed by atoms with Crippen molar-refractivity contribution in [3.63, 3.8) is 0 Å². The van der Waals surface area contributed by atoms with Gasteiger partial charge in [-0.1, -0.05) is 18.2 Å². The minimum atomic E-state index is 0.0520. The molecule has 3 aromatic rings. The summed E-state index contributed by atoms with van der Waals surface area (Å²) in [5.74, 6) is 0.0520. The number of fused-ring (bicyclic) bond motifs is 2. The molecule has 1 N–H and O–H groups in total. The summed E-state index contributed by atoms with van der Waals surface area (Å²) in [6.07, 6.45) is 3.67. The lowest BCUT2D eigenvalue weighted by atomic mass is 9.95. The maximum absolute atomic E-state index is 13.0. The Labute approximate surface area is 128 Å². The number of anilines is 1. The quantitative estimate of drug-likeness (QED) is 0.745. The van der Waals surface area contributed by atoms with Crippen LogP contribution in [0.25, 0.3) is 11.0 Å². The second-order valence-corrected chi connectivity index (χ2v) is 5.83. The second-order valence-electron chi connectivity index (χ2n) is 5.83. The number of aromatic amines is 1. The number of para-hydroxylation sites is 1. The third-order valence-corrected chi connectivity index (χ3v) is 4.41. The van der Waals surface area contributed by atoms with E-state index in [9.17, 15) is 4.79 Å². The van der Waals surface area contributed by atoms with Crippen LogP contribution >= 0.6 is 0 Å². The lowest BCUT2D eigenvalue weighted by molar-refractivity contribution is 0.0975. The minimum Gasteiger partial charge on any atom is -0.345 e. The van der Waals surface area contributed by atoms with E-state index in [0.717, 1.165) is 29.6 Å². The standard InChI is InChI=1S/C18H17N3O/c1-12-6-7-13-4-2-3-5-17(13)21(12)18(22)14-8-9-15-16(10-14)20-11-19-15/h2-5,8-12H,6-7H2,1H3,(H,19,20). The van der Waals surface area contributed by atoms with Crippen LogP contribution in [0.5, 0.6) is 0 Å². The lowest BCUT2D eigenvalue weighted by Gasteiger charge is -2.35. The van der Waals surface area contributed by atoms with E-state index in [0.29, 0.717) is 5.56 Å². The average Bonchev–Trinajstić information content (AvgIpc) is 3.01. The first-order valence-electron chi connectivity index (χ1n) is 7.58. The molecule has 22 heavy (non-hydrogen) atoms. The normalized spacial score (nSPS) is 17.5. The van der Waals surface area contributed by atoms with E-state index in [1.165, 1.54) is 5.56 Å². The van der Waals surface area contributed by atoms with Crippen molar-refractivity contribution in [1.82, 2.24) is 9.97 Å². The molecule has 0 spiro atoms. The molecule has 0 radical (unpaired) electrons. The molecule has 1 aliphatic rings. The molecule has 2 heterocycles. The van der Waals surface area contributed by atoms with Crippen LogP contribution in [0.2, 0.25) is 0 Å². The molecule has 1 aliphatic heterocycles. The first kappa shape index (κ1) is 13.1. The first-order valence-corrected chi connectivity index (χ1v) is 7.58. The largest absolute Gasteiger partial charge is 0.345 e. The van der Waals surface area contributed by atoms with Crippen molar-refractivity contribution >= 4 is 22.6 Å². The SMILES string of the molecule is CC1CCc2ccccc2N1C(=O)c1ccc2nc[nH]c2c1. The van der Waals surface area contributed by atoms with E-state index >= 15 is 0 Å². The van der Waals surface area contributed by atoms with Gasteiger partial charge in [-0.15, -0.1) is 0 Å². The van der Waals surface area contributed by atoms with Crippen LogP contribution in [-0.2, 0) is 6.42 Å². The number of rotatable bonds is 1. The van der Waals surface area contributed by atoms with Crippen LogP contribution < -0.4 is 4.90 Å². The molecule has 0 fully saturated rings. The number of benzene rings is 2. The number of amides is 1. The molecule has 4 heteroatoms. The maximum Gasteiger partial charge on any atom is 0.258 e. The fourth-order valence-electron chi connectivity index (χ4n) is 3.21. The van der Waals surface area contributed by atoms with Gasteiger partial charge in [0.15, 0.2) is 0 Å². The molecule has 1 unspecified atom stereocenters. The Balaban J connectivity index is 1.78. The number of nitrogens with zero attached hydrogens (tertiary/aromatic N) is 2. The third-order valence-electron chi connectivity index (χ3n) is 4.41. The highest BCUT2D eigenvalue weighted by molar-refractivity contribution is 6.08. The van der Waals surface area contributed by atoms with Crippen molar-refractivity contribution in [2.75, 3.05) is 4.90 Å². The molecule has 0 bridgehead atoms. The lowest BCUT2D eigenvalue weighted by Crippen LogP contribution is -2.42. The van der Waals surface area contributed by atoms with Gasteiger partial charge in [-0.3, -0.25) is 4.79 Å². The minimum absolute atomic E-state index is 0.0520. The first-order chi connectivity index (χ1) is 10.7. The zero-order chi connectivity index (χ0) is 15.1. The number of nitrogens with one attached hydrogen (secondary N) is 1. The van der Waals surface area contributed by atoms with Gasteiger partial charge in [0.25, 0.3) is 5.91 Å². The highest BCUT2D eigenvalue weighted by Crippen LogP contribution is 2.32. The van der Waals surface area contributed by atoms with Crippen LogP contribution in [0, 0.1) is 0 Å². The predicted molar refractivity (Wildman–Crippen MR) is 87.1 cm³/mol. The van der Waals surface area contributed by atoms with Gasteiger partial charge in [0.2, 0.25) is 0 Å². The molecule has 4 rings (SSSR count). The summed E-state index contributed by atoms with van der Waals surface area (Å²) in [6.45, 7) is 2.11. The fraction of sp³-hybridized carbons (Fsp3) is 0.222. The smallest absolute Gasteiger partial charge is 0.258 e. The van der Waals surface area contributed by atoms with Crippen LogP contribution in [0.4, 0.5) is 5.69 Å². The zero-order valence-electron chi connectivity index (χ0n) is 12.4. The molecule has 1 amide bonds. The van der Waals surface area contributed by atoms with Gasteiger partial charge < -0.3 is 9.88 Å². The number of aryl methyl sites for hydroxylation is 1. The molecule has 0 aliphatic carbocycles. The summed E-state index contributed by atoms with van der Waals surface area (Å²) < 4.78 is 0. The molecule has 0 saturated carbocycles. The molecule has 110 valence electrons. The Bertz CT molecular complexity index is 852. The van der Waals surface area contributed by atoms with E-state index in [4.69, 9.17) is 0 Å². The number of hydrogen-bond acceptors (Lipinski definition) is 2. The monoisotopic (exact) mass is 291 g/mol. The predicted octanol–water partition coefficient (Wildman–Crippen LogP) is 3.54. The van der Waals surface area contributed by atoms with Crippen molar-refractivity contribution in [2.24, 2.45) is 0 Å². The fourth-order valence-corrected chi connectivity index (χ4v) is 3.21. The molecule has 1 aromatic heterocycles. The summed E-state index contributed by atoms with van der Waals surface area (Å²) in [6, 6.07) is 14.0. The van der Waals surface area contributed by atoms with Gasteiger partial charge in [0.1, 0.15) is 0 Å². The van der Waals surface area contributed by atoms with Crippen molar-refractivity contribution in [3.05, 3.63) is 59.9 Å². The van der Waals surface area contributed by atoms with Crippen molar-refractivity contribution in [2.45, 2.75) is 25.8 Å². The van der Waals surface area contributed by atoms with Gasteiger partial charge in [-0.05, 0) is 49.6 Å². The highest BCUT2D eigenvalue weighted by atomic mass is 16.2. The van der Waals surface area contributed by atoms with Crippen LogP contribution in [0.15, 0.2) is 48.8 Å². The third kappa shape index (κ3) is 1.99. The molecule has 0 saturated heterocycles. The van der Waals surface area contributed by atoms with Gasteiger partial charge >= 0.3 is 0 Å². The van der Waals surface area contributed by atoms with Gasteiger partial charge in [-0.25, -0.2) is 4.98 Å². The molecular weight excluding hydrogens is 274 g/mol. The van der Waals surface area contributed by atoms with Crippen molar-refractivity contribution < 1.29 is 4.79 Å². The summed E-state index contributed by atoms with van der Waals surface area (Å²) in [5, 5.41) is 0. The van der Waals surface area contributed by atoms with Crippen LogP contribution in [-0.4, -0.2) is 21.9 Å². The summed E-state index contributed by atoms with van der Waals surface area (Å²) in [4.78, 5) is 22.2. The Kier molecular flexibility index (Phi) is 2.96. The molecule has 2 aromatic carbocycles. The van der Waals surface area contributed by atoms with E-state index in [1.54, 1.807) is 6.33 Å². The average molecular weight is 291 g/mol. The number of carbonyl (C=O) groups is 1. The second kappa shape index (κ2) is 4.98. The van der Waals surface area contributed by atoms with Gasteiger partial charge in [0.05, 0.1) is 17.4 Å². The van der Waals surface area contributed by atoms with Crippen LogP contribution in [0.3, 0.4) is 0 Å². The summed E-state index contributed by atoms with van der Waals surface area (Å²) >= 11 is 0. The highest BCUT2D eigenvalue weighted by Gasteiger charge is 2.28. The Morgan fingerprint density at radius 1 is 1.27 bits per heavy atom. The van der Waals surface area contributed by atoms with E-state index in [1.807, 2.05) is 41.3 Å². The zero-order valence-corrected chi connectivity index (χ0v) is 12.4. The maximum atomic E-state index is 13.0. The number of aromatic nitrogens is 2. The molecule has 1 atom stereocenters. The Morgan fingerprint density at radius 2 is 2.14 bits per heavy atom. The van der Waals surface area contributed by atoms with Gasteiger partial charge in [0, 0.05) is 17.3 Å². The summed E-state index contributed by atoms with van der Waals surface area (Å²) in [7, 11) is 0. The van der Waals surface area contributed by atoms with E-state index in [2.05, 4.69) is 23.0 Å².